The average Bonchev–Trinajstić information content (AvgIpc) is 2.35. The highest BCUT2D eigenvalue weighted by Crippen LogP contribution is 2.31. The molecule has 0 amide bonds. The zero-order valence-corrected chi connectivity index (χ0v) is 10.1. The second-order valence-electron chi connectivity index (χ2n) is 3.58. The Morgan fingerprint density at radius 3 is 2.59 bits per heavy atom. The molecule has 5 heteroatoms. The SMILES string of the molecule is NC(CSC(CC=O)c1ccccc1)C(=O)O. The molecular formula is C12H15NO3S. The number of carboxylic acids is 1. The van der Waals surface area contributed by atoms with Gasteiger partial charge in [-0.05, 0) is 5.56 Å². The summed E-state index contributed by atoms with van der Waals surface area (Å²) in [6.45, 7) is 0. The Hall–Kier alpha value is -1.33. The number of carbonyl (C=O) groups is 2. The van der Waals surface area contributed by atoms with Crippen LogP contribution < -0.4 is 5.73 Å². The Kier molecular flexibility index (Phi) is 5.72. The third kappa shape index (κ3) is 4.58. The lowest BCUT2D eigenvalue weighted by molar-refractivity contribution is -0.137. The molecule has 0 saturated carbocycles. The van der Waals surface area contributed by atoms with E-state index in [9.17, 15) is 9.59 Å². The number of rotatable bonds is 7. The first-order chi connectivity index (χ1) is 8.15. The van der Waals surface area contributed by atoms with E-state index in [0.29, 0.717) is 12.2 Å². The van der Waals surface area contributed by atoms with Gasteiger partial charge in [-0.25, -0.2) is 0 Å². The van der Waals surface area contributed by atoms with Crippen molar-refractivity contribution >= 4 is 24.0 Å². The quantitative estimate of drug-likeness (QED) is 0.719. The molecule has 0 saturated heterocycles. The van der Waals surface area contributed by atoms with Gasteiger partial charge in [0.25, 0.3) is 0 Å². The van der Waals surface area contributed by atoms with Gasteiger partial charge in [0, 0.05) is 17.4 Å². The summed E-state index contributed by atoms with van der Waals surface area (Å²) in [4.78, 5) is 21.2. The van der Waals surface area contributed by atoms with Crippen LogP contribution in [0.3, 0.4) is 0 Å². The zero-order chi connectivity index (χ0) is 12.7. The van der Waals surface area contributed by atoms with E-state index in [4.69, 9.17) is 10.8 Å². The summed E-state index contributed by atoms with van der Waals surface area (Å²) >= 11 is 1.40. The predicted octanol–water partition coefficient (Wildman–Crippen LogP) is 1.46. The highest BCUT2D eigenvalue weighted by Gasteiger charge is 2.17. The number of carboxylic acid groups (broad SMARTS) is 1. The van der Waals surface area contributed by atoms with E-state index < -0.39 is 12.0 Å². The van der Waals surface area contributed by atoms with Crippen LogP contribution in [0.25, 0.3) is 0 Å². The molecule has 1 aromatic rings. The third-order valence-corrected chi connectivity index (χ3v) is 3.69. The van der Waals surface area contributed by atoms with E-state index in [-0.39, 0.29) is 5.25 Å². The minimum atomic E-state index is -1.02. The van der Waals surface area contributed by atoms with E-state index in [1.807, 2.05) is 30.3 Å². The van der Waals surface area contributed by atoms with Gasteiger partial charge < -0.3 is 15.6 Å². The molecule has 0 fully saturated rings. The minimum absolute atomic E-state index is 0.0286. The van der Waals surface area contributed by atoms with Crippen LogP contribution in [0.1, 0.15) is 17.2 Å². The fraction of sp³-hybridized carbons (Fsp3) is 0.333. The summed E-state index contributed by atoms with van der Waals surface area (Å²) in [5, 5.41) is 8.66. The summed E-state index contributed by atoms with van der Waals surface area (Å²) < 4.78 is 0. The second kappa shape index (κ2) is 7.09. The van der Waals surface area contributed by atoms with Gasteiger partial charge in [0.05, 0.1) is 0 Å². The van der Waals surface area contributed by atoms with Gasteiger partial charge in [-0.2, -0.15) is 11.8 Å². The molecule has 0 radical (unpaired) electrons. The maximum Gasteiger partial charge on any atom is 0.321 e. The maximum atomic E-state index is 10.6. The Morgan fingerprint density at radius 2 is 2.06 bits per heavy atom. The van der Waals surface area contributed by atoms with Crippen molar-refractivity contribution in [2.75, 3.05) is 5.75 Å². The largest absolute Gasteiger partial charge is 0.480 e. The molecule has 0 aromatic heterocycles. The highest BCUT2D eigenvalue weighted by molar-refractivity contribution is 7.99. The molecule has 0 aliphatic rings. The number of aliphatic carboxylic acids is 1. The van der Waals surface area contributed by atoms with Crippen LogP contribution in [0.5, 0.6) is 0 Å². The molecule has 1 rings (SSSR count). The van der Waals surface area contributed by atoms with Crippen LogP contribution in [0, 0.1) is 0 Å². The molecule has 2 atom stereocenters. The van der Waals surface area contributed by atoms with Crippen LogP contribution in [0.2, 0.25) is 0 Å². The molecule has 17 heavy (non-hydrogen) atoms. The van der Waals surface area contributed by atoms with Crippen molar-refractivity contribution in [1.29, 1.82) is 0 Å². The molecule has 0 spiro atoms. The fourth-order valence-corrected chi connectivity index (χ4v) is 2.49. The van der Waals surface area contributed by atoms with Gasteiger partial charge >= 0.3 is 5.97 Å². The molecule has 3 N–H and O–H groups in total. The van der Waals surface area contributed by atoms with Crippen molar-refractivity contribution < 1.29 is 14.7 Å². The van der Waals surface area contributed by atoms with Gasteiger partial charge in [-0.3, -0.25) is 4.79 Å². The van der Waals surface area contributed by atoms with Crippen LogP contribution in [0.15, 0.2) is 30.3 Å². The van der Waals surface area contributed by atoms with E-state index in [0.717, 1.165) is 11.8 Å². The Balaban J connectivity index is 2.61. The first-order valence-electron chi connectivity index (χ1n) is 5.23. The van der Waals surface area contributed by atoms with Crippen molar-refractivity contribution in [2.45, 2.75) is 17.7 Å². The monoisotopic (exact) mass is 253 g/mol. The van der Waals surface area contributed by atoms with Crippen LogP contribution in [0.4, 0.5) is 0 Å². The summed E-state index contributed by atoms with van der Waals surface area (Å²) in [6, 6.07) is 8.64. The summed E-state index contributed by atoms with van der Waals surface area (Å²) in [5.74, 6) is -0.724. The van der Waals surface area contributed by atoms with Gasteiger partial charge in [0.1, 0.15) is 12.3 Å². The van der Waals surface area contributed by atoms with E-state index in [1.54, 1.807) is 0 Å². The first-order valence-corrected chi connectivity index (χ1v) is 6.28. The molecule has 4 nitrogen and oxygen atoms in total. The first kappa shape index (κ1) is 13.7. The van der Waals surface area contributed by atoms with Gasteiger partial charge in [0.2, 0.25) is 0 Å². The third-order valence-electron chi connectivity index (χ3n) is 2.28. The molecular weight excluding hydrogens is 238 g/mol. The molecule has 0 bridgehead atoms. The number of benzene rings is 1. The lowest BCUT2D eigenvalue weighted by Gasteiger charge is -2.15. The summed E-state index contributed by atoms with van der Waals surface area (Å²) in [7, 11) is 0. The molecule has 0 heterocycles. The predicted molar refractivity (Wildman–Crippen MR) is 67.9 cm³/mol. The van der Waals surface area contributed by atoms with Crippen LogP contribution in [-0.4, -0.2) is 29.2 Å². The summed E-state index contributed by atoms with van der Waals surface area (Å²) in [6.07, 6.45) is 1.21. The number of carbonyl (C=O) groups excluding carboxylic acids is 1. The van der Waals surface area contributed by atoms with E-state index >= 15 is 0 Å². The topological polar surface area (TPSA) is 80.4 Å². The van der Waals surface area contributed by atoms with Gasteiger partial charge in [-0.1, -0.05) is 30.3 Å². The van der Waals surface area contributed by atoms with E-state index in [2.05, 4.69) is 0 Å². The van der Waals surface area contributed by atoms with Gasteiger partial charge in [-0.15, -0.1) is 0 Å². The van der Waals surface area contributed by atoms with Crippen molar-refractivity contribution in [2.24, 2.45) is 5.73 Å². The maximum absolute atomic E-state index is 10.6. The van der Waals surface area contributed by atoms with Crippen molar-refractivity contribution in [3.8, 4) is 0 Å². The minimum Gasteiger partial charge on any atom is -0.480 e. The lowest BCUT2D eigenvalue weighted by atomic mass is 10.1. The number of aldehydes is 1. The lowest BCUT2D eigenvalue weighted by Crippen LogP contribution is -2.32. The van der Waals surface area contributed by atoms with E-state index in [1.165, 1.54) is 11.8 Å². The second-order valence-corrected chi connectivity index (χ2v) is 4.82. The number of hydrogen-bond acceptors (Lipinski definition) is 4. The normalized spacial score (nSPS) is 13.9. The fourth-order valence-electron chi connectivity index (χ4n) is 1.35. The average molecular weight is 253 g/mol. The molecule has 2 unspecified atom stereocenters. The van der Waals surface area contributed by atoms with Crippen molar-refractivity contribution in [1.82, 2.24) is 0 Å². The molecule has 0 aliphatic heterocycles. The standard InChI is InChI=1S/C12H15NO3S/c13-10(12(15)16)8-17-11(6-7-14)9-4-2-1-3-5-9/h1-5,7,10-11H,6,8,13H2,(H,15,16). The van der Waals surface area contributed by atoms with Crippen LogP contribution in [-0.2, 0) is 9.59 Å². The Bertz CT molecular complexity index is 369. The van der Waals surface area contributed by atoms with Crippen molar-refractivity contribution in [3.63, 3.8) is 0 Å². The Labute approximate surface area is 104 Å². The zero-order valence-electron chi connectivity index (χ0n) is 9.28. The van der Waals surface area contributed by atoms with Crippen molar-refractivity contribution in [3.05, 3.63) is 35.9 Å². The number of nitrogens with two attached hydrogens (primary N) is 1. The Morgan fingerprint density at radius 1 is 1.41 bits per heavy atom. The molecule has 1 aromatic carbocycles. The molecule has 92 valence electrons. The molecule has 0 aliphatic carbocycles. The van der Waals surface area contributed by atoms with Gasteiger partial charge in [0.15, 0.2) is 0 Å². The number of thioether (sulfide) groups is 1. The summed E-state index contributed by atoms with van der Waals surface area (Å²) in [5.41, 5.74) is 6.45. The number of hydrogen-bond donors (Lipinski definition) is 2. The highest BCUT2D eigenvalue weighted by atomic mass is 32.2. The van der Waals surface area contributed by atoms with Crippen LogP contribution >= 0.6 is 11.8 Å². The smallest absolute Gasteiger partial charge is 0.321 e.